The van der Waals surface area contributed by atoms with Gasteiger partial charge >= 0.3 is 0 Å². The molecule has 0 radical (unpaired) electrons. The van der Waals surface area contributed by atoms with Crippen molar-refractivity contribution >= 4 is 11.7 Å². The van der Waals surface area contributed by atoms with Gasteiger partial charge in [0, 0.05) is 43.3 Å². The molecule has 8 nitrogen and oxygen atoms in total. The third kappa shape index (κ3) is 4.51. The van der Waals surface area contributed by atoms with Crippen molar-refractivity contribution in [2.24, 2.45) is 0 Å². The second kappa shape index (κ2) is 9.21. The third-order valence-electron chi connectivity index (χ3n) is 7.89. The number of nitrogens with one attached hydrogen (secondary N) is 1. The molecule has 0 spiro atoms. The van der Waals surface area contributed by atoms with E-state index in [0.717, 1.165) is 35.5 Å². The van der Waals surface area contributed by atoms with Gasteiger partial charge in [-0.15, -0.1) is 0 Å². The molecule has 1 amide bonds. The first kappa shape index (κ1) is 23.7. The Bertz CT molecular complexity index is 1130. The minimum atomic E-state index is -0.527. The zero-order valence-electron chi connectivity index (χ0n) is 20.7. The zero-order chi connectivity index (χ0) is 24.7. The lowest BCUT2D eigenvalue weighted by Crippen LogP contribution is -2.53. The molecule has 0 saturated carbocycles. The van der Waals surface area contributed by atoms with Crippen LogP contribution in [0.5, 0.6) is 0 Å². The smallest absolute Gasteiger partial charge is 0.231 e. The van der Waals surface area contributed by atoms with E-state index in [9.17, 15) is 15.2 Å². The van der Waals surface area contributed by atoms with Crippen LogP contribution in [0.4, 0.5) is 5.82 Å². The summed E-state index contributed by atoms with van der Waals surface area (Å²) in [6.45, 7) is 9.12. The third-order valence-corrected chi connectivity index (χ3v) is 7.89. The van der Waals surface area contributed by atoms with Crippen LogP contribution >= 0.6 is 0 Å². The number of aromatic nitrogens is 2. The van der Waals surface area contributed by atoms with Gasteiger partial charge < -0.3 is 20.2 Å². The standard InChI is InChI=1S/C27H34N6O2/c1-17-14-21(34)24-22(17)25(30-16-29-24)32-10-12-33(13-11-32)26(35)23(20-8-9-27(2,3)31-20)19-6-4-18(15-28)5-7-19/h4-7,16-17,20-21,23,31,34H,8-14H2,1-3H3/t17-,20?,21-,23+/m1/s1. The fraction of sp³-hybridized carbons (Fsp3) is 0.556. The Kier molecular flexibility index (Phi) is 6.24. The van der Waals surface area contributed by atoms with Crippen LogP contribution in [0.1, 0.15) is 80.4 Å². The van der Waals surface area contributed by atoms with Gasteiger partial charge in [-0.05, 0) is 56.7 Å². The lowest BCUT2D eigenvalue weighted by atomic mass is 9.88. The van der Waals surface area contributed by atoms with Gasteiger partial charge in [-0.2, -0.15) is 5.26 Å². The maximum Gasteiger partial charge on any atom is 0.231 e. The maximum absolute atomic E-state index is 13.9. The van der Waals surface area contributed by atoms with Crippen LogP contribution in [-0.4, -0.2) is 63.6 Å². The van der Waals surface area contributed by atoms with Gasteiger partial charge in [-0.1, -0.05) is 19.1 Å². The molecule has 35 heavy (non-hydrogen) atoms. The van der Waals surface area contributed by atoms with Crippen LogP contribution in [0, 0.1) is 11.3 Å². The number of nitrogens with zero attached hydrogens (tertiary/aromatic N) is 5. The Labute approximate surface area is 207 Å². The van der Waals surface area contributed by atoms with Gasteiger partial charge in [0.2, 0.25) is 5.91 Å². The molecule has 5 rings (SSSR count). The summed E-state index contributed by atoms with van der Waals surface area (Å²) >= 11 is 0. The number of amides is 1. The normalized spacial score (nSPS) is 26.3. The molecule has 3 heterocycles. The molecule has 2 fully saturated rings. The van der Waals surface area contributed by atoms with Crippen molar-refractivity contribution in [2.45, 2.75) is 69.6 Å². The summed E-state index contributed by atoms with van der Waals surface area (Å²) in [5, 5.41) is 23.2. The number of hydrogen-bond donors (Lipinski definition) is 2. The van der Waals surface area contributed by atoms with Crippen molar-refractivity contribution in [3.05, 3.63) is 53.0 Å². The molecule has 2 aromatic rings. The number of aliphatic hydroxyl groups is 1. The Morgan fingerprint density at radius 2 is 1.91 bits per heavy atom. The fourth-order valence-corrected chi connectivity index (χ4v) is 6.01. The predicted molar refractivity (Wildman–Crippen MR) is 133 cm³/mol. The number of aliphatic hydroxyl groups excluding tert-OH is 1. The van der Waals surface area contributed by atoms with Gasteiger partial charge in [0.25, 0.3) is 0 Å². The van der Waals surface area contributed by atoms with Crippen LogP contribution in [0.25, 0.3) is 0 Å². The molecule has 3 aliphatic rings. The lowest BCUT2D eigenvalue weighted by Gasteiger charge is -2.39. The Balaban J connectivity index is 1.34. The van der Waals surface area contributed by atoms with E-state index >= 15 is 0 Å². The van der Waals surface area contributed by atoms with Gasteiger partial charge in [0.05, 0.1) is 29.3 Å². The van der Waals surface area contributed by atoms with Crippen LogP contribution in [0.15, 0.2) is 30.6 Å². The molecule has 4 atom stereocenters. The predicted octanol–water partition coefficient (Wildman–Crippen LogP) is 2.85. The number of fused-ring (bicyclic) bond motifs is 1. The van der Waals surface area contributed by atoms with E-state index in [1.165, 1.54) is 0 Å². The maximum atomic E-state index is 13.9. The minimum Gasteiger partial charge on any atom is -0.387 e. The molecule has 1 aromatic heterocycles. The van der Waals surface area contributed by atoms with Crippen molar-refractivity contribution in [1.82, 2.24) is 20.2 Å². The van der Waals surface area contributed by atoms with Gasteiger partial charge in [-0.25, -0.2) is 9.97 Å². The van der Waals surface area contributed by atoms with Crippen LogP contribution in [-0.2, 0) is 4.79 Å². The average Bonchev–Trinajstić information content (AvgIpc) is 3.37. The highest BCUT2D eigenvalue weighted by Crippen LogP contribution is 2.43. The summed E-state index contributed by atoms with van der Waals surface area (Å²) in [6, 6.07) is 9.71. The average molecular weight is 475 g/mol. The Morgan fingerprint density at radius 3 is 2.54 bits per heavy atom. The van der Waals surface area contributed by atoms with Crippen molar-refractivity contribution in [1.29, 1.82) is 5.26 Å². The highest BCUT2D eigenvalue weighted by molar-refractivity contribution is 5.85. The van der Waals surface area contributed by atoms with Gasteiger partial charge in [0.1, 0.15) is 12.1 Å². The van der Waals surface area contributed by atoms with Gasteiger partial charge in [0.15, 0.2) is 0 Å². The van der Waals surface area contributed by atoms with E-state index < -0.39 is 6.10 Å². The fourth-order valence-electron chi connectivity index (χ4n) is 6.01. The second-order valence-corrected chi connectivity index (χ2v) is 10.8. The van der Waals surface area contributed by atoms with E-state index in [0.29, 0.717) is 38.2 Å². The molecule has 1 aliphatic carbocycles. The first-order chi connectivity index (χ1) is 16.8. The molecule has 2 saturated heterocycles. The van der Waals surface area contributed by atoms with Crippen molar-refractivity contribution in [3.63, 3.8) is 0 Å². The van der Waals surface area contributed by atoms with E-state index in [4.69, 9.17) is 0 Å². The zero-order valence-corrected chi connectivity index (χ0v) is 20.7. The molecule has 1 unspecified atom stereocenters. The second-order valence-electron chi connectivity index (χ2n) is 10.8. The van der Waals surface area contributed by atoms with E-state index in [1.54, 1.807) is 18.5 Å². The number of hydrogen-bond acceptors (Lipinski definition) is 7. The van der Waals surface area contributed by atoms with Crippen LogP contribution in [0.2, 0.25) is 0 Å². The minimum absolute atomic E-state index is 0.00311. The molecule has 2 N–H and O–H groups in total. The summed E-state index contributed by atoms with van der Waals surface area (Å²) in [5.41, 5.74) is 3.36. The number of carbonyl (C=O) groups is 1. The summed E-state index contributed by atoms with van der Waals surface area (Å²) in [7, 11) is 0. The number of anilines is 1. The van der Waals surface area contributed by atoms with E-state index in [1.807, 2.05) is 17.0 Å². The van der Waals surface area contributed by atoms with Crippen molar-refractivity contribution in [2.75, 3.05) is 31.1 Å². The monoisotopic (exact) mass is 474 g/mol. The topological polar surface area (TPSA) is 105 Å². The first-order valence-electron chi connectivity index (χ1n) is 12.6. The summed E-state index contributed by atoms with van der Waals surface area (Å²) in [4.78, 5) is 27.0. The summed E-state index contributed by atoms with van der Waals surface area (Å²) < 4.78 is 0. The highest BCUT2D eigenvalue weighted by Gasteiger charge is 2.41. The Morgan fingerprint density at radius 1 is 1.20 bits per heavy atom. The quantitative estimate of drug-likeness (QED) is 0.702. The van der Waals surface area contributed by atoms with Crippen LogP contribution < -0.4 is 10.2 Å². The van der Waals surface area contributed by atoms with Crippen molar-refractivity contribution < 1.29 is 9.90 Å². The SMILES string of the molecule is C[C@@H]1C[C@@H](O)c2ncnc(N3CCN(C(=O)[C@@H](c4ccc(C#N)cc4)C4CCC(C)(C)N4)CC3)c21. The van der Waals surface area contributed by atoms with Crippen molar-refractivity contribution in [3.8, 4) is 6.07 Å². The molecule has 0 bridgehead atoms. The van der Waals surface area contributed by atoms with Crippen LogP contribution in [0.3, 0.4) is 0 Å². The van der Waals surface area contributed by atoms with E-state index in [2.05, 4.69) is 47.0 Å². The Hall–Kier alpha value is -3.02. The number of rotatable bonds is 4. The molecular weight excluding hydrogens is 440 g/mol. The molecule has 8 heteroatoms. The molecule has 2 aliphatic heterocycles. The first-order valence-corrected chi connectivity index (χ1v) is 12.6. The number of carbonyl (C=O) groups excluding carboxylic acids is 1. The largest absolute Gasteiger partial charge is 0.387 e. The number of benzene rings is 1. The summed E-state index contributed by atoms with van der Waals surface area (Å²) in [5.74, 6) is 0.971. The number of piperazine rings is 1. The summed E-state index contributed by atoms with van der Waals surface area (Å²) in [6.07, 6.45) is 3.66. The highest BCUT2D eigenvalue weighted by atomic mass is 16.3. The lowest BCUT2D eigenvalue weighted by molar-refractivity contribution is -0.133. The number of nitriles is 1. The molecule has 184 valence electrons. The van der Waals surface area contributed by atoms with E-state index in [-0.39, 0.29) is 29.3 Å². The molecular formula is C27H34N6O2. The van der Waals surface area contributed by atoms with Gasteiger partial charge in [-0.3, -0.25) is 4.79 Å². The molecule has 1 aromatic carbocycles.